The molecule has 0 fully saturated rings. The van der Waals surface area contributed by atoms with Crippen molar-refractivity contribution >= 4 is 16.9 Å². The summed E-state index contributed by atoms with van der Waals surface area (Å²) in [4.78, 5) is 39.1. The van der Waals surface area contributed by atoms with Crippen molar-refractivity contribution in [3.05, 3.63) is 57.5 Å². The van der Waals surface area contributed by atoms with Crippen molar-refractivity contribution < 1.29 is 4.79 Å². The van der Waals surface area contributed by atoms with Gasteiger partial charge in [0, 0.05) is 6.42 Å². The first-order valence-electron chi connectivity index (χ1n) is 9.36. The second-order valence-electron chi connectivity index (χ2n) is 6.94. The van der Waals surface area contributed by atoms with E-state index < -0.39 is 0 Å². The minimum atomic E-state index is -0.346. The van der Waals surface area contributed by atoms with Gasteiger partial charge in [-0.15, -0.1) is 0 Å². The predicted octanol–water partition coefficient (Wildman–Crippen LogP) is 2.48. The number of benzene rings is 1. The van der Waals surface area contributed by atoms with Crippen molar-refractivity contribution in [1.29, 1.82) is 0 Å². The smallest absolute Gasteiger partial charge is 0.256 e. The molecule has 1 amide bonds. The van der Waals surface area contributed by atoms with Gasteiger partial charge >= 0.3 is 0 Å². The molecule has 4 rings (SSSR count). The molecule has 0 aliphatic carbocycles. The molecule has 3 aromatic rings. The van der Waals surface area contributed by atoms with Gasteiger partial charge in [0.15, 0.2) is 0 Å². The van der Waals surface area contributed by atoms with Crippen LogP contribution in [0.1, 0.15) is 49.2 Å². The van der Waals surface area contributed by atoms with Gasteiger partial charge in [0.1, 0.15) is 17.7 Å². The van der Waals surface area contributed by atoms with Crippen molar-refractivity contribution in [3.63, 3.8) is 0 Å². The van der Waals surface area contributed by atoms with Crippen LogP contribution < -0.4 is 5.56 Å². The van der Waals surface area contributed by atoms with Crippen molar-refractivity contribution in [2.45, 2.75) is 52.7 Å². The summed E-state index contributed by atoms with van der Waals surface area (Å²) in [5.41, 5.74) is 3.01. The summed E-state index contributed by atoms with van der Waals surface area (Å²) >= 11 is 0. The van der Waals surface area contributed by atoms with Crippen LogP contribution in [0.15, 0.2) is 29.1 Å². The quantitative estimate of drug-likeness (QED) is 0.770. The SMILES string of the molecule is CCc1nc2ccccc2n1[C@@H](CC)C(=O)N1Cc2nc(C)[nH]c(=O)c2C1. The Morgan fingerprint density at radius 1 is 1.22 bits per heavy atom. The number of hydrogen-bond donors (Lipinski definition) is 1. The molecular formula is C20H23N5O2. The van der Waals surface area contributed by atoms with E-state index in [1.807, 2.05) is 38.1 Å². The largest absolute Gasteiger partial charge is 0.330 e. The van der Waals surface area contributed by atoms with E-state index in [2.05, 4.69) is 14.5 Å². The van der Waals surface area contributed by atoms with Crippen molar-refractivity contribution in [2.24, 2.45) is 0 Å². The molecule has 3 heterocycles. The lowest BCUT2D eigenvalue weighted by Gasteiger charge is -2.25. The van der Waals surface area contributed by atoms with Crippen LogP contribution in [0.2, 0.25) is 0 Å². The molecule has 27 heavy (non-hydrogen) atoms. The number of hydrogen-bond acceptors (Lipinski definition) is 4. The van der Waals surface area contributed by atoms with Gasteiger partial charge in [0.05, 0.1) is 35.4 Å². The second kappa shape index (κ2) is 6.64. The number of aromatic amines is 1. The molecule has 1 aliphatic heterocycles. The van der Waals surface area contributed by atoms with E-state index in [1.165, 1.54) is 0 Å². The summed E-state index contributed by atoms with van der Waals surface area (Å²) in [5.74, 6) is 1.49. The number of imidazole rings is 1. The number of nitrogens with zero attached hydrogens (tertiary/aromatic N) is 4. The third-order valence-corrected chi connectivity index (χ3v) is 5.19. The zero-order valence-electron chi connectivity index (χ0n) is 15.8. The number of amides is 1. The maximum Gasteiger partial charge on any atom is 0.256 e. The molecule has 1 N–H and O–H groups in total. The molecule has 7 heteroatoms. The van der Waals surface area contributed by atoms with Crippen LogP contribution in [0.5, 0.6) is 0 Å². The number of para-hydroxylation sites is 2. The Kier molecular flexibility index (Phi) is 4.30. The van der Waals surface area contributed by atoms with Crippen LogP contribution in [-0.2, 0) is 24.3 Å². The summed E-state index contributed by atoms with van der Waals surface area (Å²) in [6.07, 6.45) is 1.40. The Morgan fingerprint density at radius 2 is 2.00 bits per heavy atom. The van der Waals surface area contributed by atoms with E-state index in [0.717, 1.165) is 23.3 Å². The summed E-state index contributed by atoms with van der Waals surface area (Å²) in [6, 6.07) is 7.56. The summed E-state index contributed by atoms with van der Waals surface area (Å²) in [6.45, 7) is 6.50. The van der Waals surface area contributed by atoms with E-state index in [-0.39, 0.29) is 17.5 Å². The Balaban J connectivity index is 1.71. The maximum absolute atomic E-state index is 13.4. The van der Waals surface area contributed by atoms with Gasteiger partial charge in [-0.3, -0.25) is 9.59 Å². The highest BCUT2D eigenvalue weighted by Crippen LogP contribution is 2.28. The average molecular weight is 365 g/mol. The molecule has 0 bridgehead atoms. The molecule has 2 aromatic heterocycles. The molecule has 140 valence electrons. The number of aryl methyl sites for hydroxylation is 2. The van der Waals surface area contributed by atoms with Crippen LogP contribution in [0.4, 0.5) is 0 Å². The number of carbonyl (C=O) groups excluding carboxylic acids is 1. The summed E-state index contributed by atoms with van der Waals surface area (Å²) < 4.78 is 2.06. The van der Waals surface area contributed by atoms with Crippen LogP contribution >= 0.6 is 0 Å². The number of H-pyrrole nitrogens is 1. The fourth-order valence-corrected chi connectivity index (χ4v) is 3.92. The highest BCUT2D eigenvalue weighted by molar-refractivity contribution is 5.84. The van der Waals surface area contributed by atoms with E-state index in [4.69, 9.17) is 4.98 Å². The van der Waals surface area contributed by atoms with Gasteiger partial charge in [0.25, 0.3) is 5.56 Å². The monoisotopic (exact) mass is 365 g/mol. The number of fused-ring (bicyclic) bond motifs is 2. The first kappa shape index (κ1) is 17.5. The van der Waals surface area contributed by atoms with Crippen LogP contribution in [-0.4, -0.2) is 30.3 Å². The molecule has 1 atom stereocenters. The Morgan fingerprint density at radius 3 is 2.74 bits per heavy atom. The molecule has 0 spiro atoms. The number of carbonyl (C=O) groups is 1. The van der Waals surface area contributed by atoms with E-state index >= 15 is 0 Å². The topological polar surface area (TPSA) is 83.9 Å². The van der Waals surface area contributed by atoms with Gasteiger partial charge in [-0.25, -0.2) is 9.97 Å². The van der Waals surface area contributed by atoms with Crippen molar-refractivity contribution in [3.8, 4) is 0 Å². The molecule has 1 aromatic carbocycles. The van der Waals surface area contributed by atoms with E-state index in [0.29, 0.717) is 36.6 Å². The van der Waals surface area contributed by atoms with E-state index in [1.54, 1.807) is 11.8 Å². The highest BCUT2D eigenvalue weighted by atomic mass is 16.2. The number of aromatic nitrogens is 4. The predicted molar refractivity (Wildman–Crippen MR) is 102 cm³/mol. The molecule has 0 radical (unpaired) electrons. The fourth-order valence-electron chi connectivity index (χ4n) is 3.92. The molecular weight excluding hydrogens is 342 g/mol. The Hall–Kier alpha value is -2.96. The van der Waals surface area contributed by atoms with Gasteiger partial charge in [-0.05, 0) is 25.5 Å². The third kappa shape index (κ3) is 2.83. The van der Waals surface area contributed by atoms with Crippen molar-refractivity contribution in [2.75, 3.05) is 0 Å². The highest BCUT2D eigenvalue weighted by Gasteiger charge is 2.33. The Labute approximate surface area is 157 Å². The molecule has 0 saturated carbocycles. The first-order chi connectivity index (χ1) is 13.0. The zero-order valence-corrected chi connectivity index (χ0v) is 15.8. The first-order valence-corrected chi connectivity index (χ1v) is 9.36. The van der Waals surface area contributed by atoms with E-state index in [9.17, 15) is 9.59 Å². The third-order valence-electron chi connectivity index (χ3n) is 5.19. The lowest BCUT2D eigenvalue weighted by atomic mass is 10.1. The van der Waals surface area contributed by atoms with Crippen LogP contribution in [0, 0.1) is 6.92 Å². The number of nitrogens with one attached hydrogen (secondary N) is 1. The normalized spacial score (nSPS) is 14.6. The second-order valence-corrected chi connectivity index (χ2v) is 6.94. The summed E-state index contributed by atoms with van der Waals surface area (Å²) in [7, 11) is 0. The lowest BCUT2D eigenvalue weighted by Crippen LogP contribution is -2.34. The minimum absolute atomic E-state index is 0.00501. The molecule has 0 unspecified atom stereocenters. The lowest BCUT2D eigenvalue weighted by molar-refractivity contribution is -0.135. The minimum Gasteiger partial charge on any atom is -0.330 e. The van der Waals surface area contributed by atoms with Crippen molar-refractivity contribution in [1.82, 2.24) is 24.4 Å². The molecule has 1 aliphatic rings. The van der Waals surface area contributed by atoms with Gasteiger partial charge in [0.2, 0.25) is 5.91 Å². The zero-order chi connectivity index (χ0) is 19.1. The van der Waals surface area contributed by atoms with Gasteiger partial charge in [-0.1, -0.05) is 26.0 Å². The van der Waals surface area contributed by atoms with Gasteiger partial charge in [-0.2, -0.15) is 0 Å². The number of rotatable bonds is 4. The maximum atomic E-state index is 13.4. The molecule has 7 nitrogen and oxygen atoms in total. The van der Waals surface area contributed by atoms with Crippen LogP contribution in [0.3, 0.4) is 0 Å². The Bertz CT molecular complexity index is 1080. The standard InChI is InChI=1S/C20H23N5O2/c1-4-16(25-17-9-7-6-8-14(17)23-18(25)5-2)20(27)24-10-13-15(11-24)21-12(3)22-19(13)26/h6-9,16H,4-5,10-11H2,1-3H3,(H,21,22,26)/t16-/m0/s1. The molecule has 0 saturated heterocycles. The van der Waals surface area contributed by atoms with Crippen LogP contribution in [0.25, 0.3) is 11.0 Å². The summed E-state index contributed by atoms with van der Waals surface area (Å²) in [5, 5.41) is 0. The van der Waals surface area contributed by atoms with Gasteiger partial charge < -0.3 is 14.5 Å². The fraction of sp³-hybridized carbons (Fsp3) is 0.400. The average Bonchev–Trinajstić information content (AvgIpc) is 3.24.